The molecule has 0 aromatic rings. The highest BCUT2D eigenvalue weighted by atomic mass is 127. The summed E-state index contributed by atoms with van der Waals surface area (Å²) in [6, 6.07) is 0.289. The number of rotatable bonds is 5. The molecule has 1 amide bonds. The van der Waals surface area contributed by atoms with Gasteiger partial charge in [-0.05, 0) is 25.7 Å². The number of nitrogens with zero attached hydrogens (tertiary/aromatic N) is 2. The van der Waals surface area contributed by atoms with E-state index >= 15 is 0 Å². The monoisotopic (exact) mass is 438 g/mol. The van der Waals surface area contributed by atoms with Crippen molar-refractivity contribution in [2.75, 3.05) is 33.3 Å². The van der Waals surface area contributed by atoms with Gasteiger partial charge in [-0.25, -0.2) is 0 Å². The Bertz CT molecular complexity index is 398. The summed E-state index contributed by atoms with van der Waals surface area (Å²) in [5, 5.41) is 6.76. The minimum Gasteiger partial charge on any atom is -0.378 e. The van der Waals surface area contributed by atoms with Crippen LogP contribution >= 0.6 is 24.0 Å². The van der Waals surface area contributed by atoms with E-state index in [4.69, 9.17) is 4.74 Å². The SMILES string of the molecule is CN=C(NCCC1CCCO1)NC1CCN(C(=O)C(C)C)C1.I. The topological polar surface area (TPSA) is 66.0 Å². The van der Waals surface area contributed by atoms with Crippen LogP contribution in [-0.4, -0.2) is 62.2 Å². The van der Waals surface area contributed by atoms with Gasteiger partial charge in [-0.3, -0.25) is 9.79 Å². The second-order valence-electron chi connectivity index (χ2n) is 6.49. The molecule has 134 valence electrons. The molecule has 6 nitrogen and oxygen atoms in total. The number of nitrogens with one attached hydrogen (secondary N) is 2. The predicted octanol–water partition coefficient (Wildman–Crippen LogP) is 1.60. The van der Waals surface area contributed by atoms with E-state index < -0.39 is 0 Å². The summed E-state index contributed by atoms with van der Waals surface area (Å²) in [5.74, 6) is 1.13. The van der Waals surface area contributed by atoms with E-state index in [9.17, 15) is 4.79 Å². The lowest BCUT2D eigenvalue weighted by atomic mass is 10.2. The molecule has 0 radical (unpaired) electrons. The van der Waals surface area contributed by atoms with Gasteiger partial charge >= 0.3 is 0 Å². The molecule has 2 aliphatic heterocycles. The number of likely N-dealkylation sites (tertiary alicyclic amines) is 1. The van der Waals surface area contributed by atoms with Gasteiger partial charge in [-0.1, -0.05) is 13.8 Å². The number of aliphatic imine (C=N–C) groups is 1. The lowest BCUT2D eigenvalue weighted by molar-refractivity contribution is -0.133. The first-order valence-corrected chi connectivity index (χ1v) is 8.47. The Labute approximate surface area is 156 Å². The van der Waals surface area contributed by atoms with Crippen LogP contribution in [0, 0.1) is 5.92 Å². The quantitative estimate of drug-likeness (QED) is 0.389. The van der Waals surface area contributed by atoms with Crippen molar-refractivity contribution < 1.29 is 9.53 Å². The maximum atomic E-state index is 12.0. The first-order chi connectivity index (χ1) is 10.6. The summed E-state index contributed by atoms with van der Waals surface area (Å²) in [5.41, 5.74) is 0. The van der Waals surface area contributed by atoms with E-state index in [1.165, 1.54) is 12.8 Å². The molecule has 7 heteroatoms. The molecule has 0 aromatic carbocycles. The van der Waals surface area contributed by atoms with Crippen molar-refractivity contribution >= 4 is 35.8 Å². The van der Waals surface area contributed by atoms with Gasteiger partial charge in [0, 0.05) is 45.2 Å². The summed E-state index contributed by atoms with van der Waals surface area (Å²) in [4.78, 5) is 18.2. The fraction of sp³-hybridized carbons (Fsp3) is 0.875. The number of amides is 1. The van der Waals surface area contributed by atoms with Crippen LogP contribution in [0.2, 0.25) is 0 Å². The number of halogens is 1. The Balaban J connectivity index is 0.00000264. The largest absolute Gasteiger partial charge is 0.378 e. The van der Waals surface area contributed by atoms with Gasteiger partial charge in [0.15, 0.2) is 5.96 Å². The number of hydrogen-bond donors (Lipinski definition) is 2. The van der Waals surface area contributed by atoms with Crippen LogP contribution in [0.25, 0.3) is 0 Å². The molecule has 0 spiro atoms. The molecule has 0 bridgehead atoms. The summed E-state index contributed by atoms with van der Waals surface area (Å²) in [6.07, 6.45) is 4.74. The first kappa shape index (κ1) is 20.5. The van der Waals surface area contributed by atoms with Crippen LogP contribution in [0.4, 0.5) is 0 Å². The number of carbonyl (C=O) groups is 1. The highest BCUT2D eigenvalue weighted by molar-refractivity contribution is 14.0. The minimum absolute atomic E-state index is 0. The van der Waals surface area contributed by atoms with Crippen LogP contribution in [-0.2, 0) is 9.53 Å². The molecular weight excluding hydrogens is 407 g/mol. The van der Waals surface area contributed by atoms with Gasteiger partial charge in [0.2, 0.25) is 5.91 Å². The van der Waals surface area contributed by atoms with E-state index in [1.807, 2.05) is 18.7 Å². The Morgan fingerprint density at radius 3 is 2.78 bits per heavy atom. The summed E-state index contributed by atoms with van der Waals surface area (Å²) >= 11 is 0. The summed E-state index contributed by atoms with van der Waals surface area (Å²) in [6.45, 7) is 7.28. The average Bonchev–Trinajstić information content (AvgIpc) is 3.16. The number of carbonyl (C=O) groups excluding carboxylic acids is 1. The van der Waals surface area contributed by atoms with E-state index in [-0.39, 0.29) is 41.8 Å². The zero-order valence-corrected chi connectivity index (χ0v) is 16.8. The highest BCUT2D eigenvalue weighted by Gasteiger charge is 2.28. The molecule has 2 fully saturated rings. The maximum Gasteiger partial charge on any atom is 0.225 e. The normalized spacial score (nSPS) is 24.7. The van der Waals surface area contributed by atoms with Crippen molar-refractivity contribution in [2.24, 2.45) is 10.9 Å². The molecule has 2 aliphatic rings. The van der Waals surface area contributed by atoms with E-state index in [1.54, 1.807) is 7.05 Å². The zero-order chi connectivity index (χ0) is 15.9. The highest BCUT2D eigenvalue weighted by Crippen LogP contribution is 2.14. The fourth-order valence-corrected chi connectivity index (χ4v) is 3.05. The van der Waals surface area contributed by atoms with Gasteiger partial charge in [0.1, 0.15) is 0 Å². The van der Waals surface area contributed by atoms with Gasteiger partial charge in [-0.2, -0.15) is 0 Å². The smallest absolute Gasteiger partial charge is 0.225 e. The third-order valence-corrected chi connectivity index (χ3v) is 4.34. The lowest BCUT2D eigenvalue weighted by Crippen LogP contribution is -2.45. The van der Waals surface area contributed by atoms with Crippen molar-refractivity contribution in [3.05, 3.63) is 0 Å². The molecule has 2 saturated heterocycles. The molecule has 2 N–H and O–H groups in total. The summed E-state index contributed by atoms with van der Waals surface area (Å²) < 4.78 is 5.62. The predicted molar refractivity (Wildman–Crippen MR) is 103 cm³/mol. The van der Waals surface area contributed by atoms with Crippen molar-refractivity contribution in [3.63, 3.8) is 0 Å². The van der Waals surface area contributed by atoms with Crippen molar-refractivity contribution in [3.8, 4) is 0 Å². The average molecular weight is 438 g/mol. The van der Waals surface area contributed by atoms with Crippen molar-refractivity contribution in [2.45, 2.75) is 51.7 Å². The Kier molecular flexibility index (Phi) is 9.19. The molecule has 2 atom stereocenters. The Morgan fingerprint density at radius 1 is 1.39 bits per heavy atom. The fourth-order valence-electron chi connectivity index (χ4n) is 3.05. The van der Waals surface area contributed by atoms with Gasteiger partial charge in [-0.15, -0.1) is 24.0 Å². The number of guanidine groups is 1. The molecule has 23 heavy (non-hydrogen) atoms. The molecule has 0 aromatic heterocycles. The molecule has 0 saturated carbocycles. The molecule has 0 aliphatic carbocycles. The Morgan fingerprint density at radius 2 is 2.17 bits per heavy atom. The van der Waals surface area contributed by atoms with E-state index in [0.29, 0.717) is 6.10 Å². The summed E-state index contributed by atoms with van der Waals surface area (Å²) in [7, 11) is 1.79. The van der Waals surface area contributed by atoms with Crippen molar-refractivity contribution in [1.82, 2.24) is 15.5 Å². The first-order valence-electron chi connectivity index (χ1n) is 8.47. The molecule has 2 unspecified atom stereocenters. The second-order valence-corrected chi connectivity index (χ2v) is 6.49. The maximum absolute atomic E-state index is 12.0. The zero-order valence-electron chi connectivity index (χ0n) is 14.5. The number of ether oxygens (including phenoxy) is 1. The second kappa shape index (κ2) is 10.3. The minimum atomic E-state index is 0. The molecular formula is C16H31IN4O2. The Hall–Kier alpha value is -0.570. The van der Waals surface area contributed by atoms with Crippen LogP contribution < -0.4 is 10.6 Å². The van der Waals surface area contributed by atoms with Gasteiger partial charge in [0.25, 0.3) is 0 Å². The lowest BCUT2D eigenvalue weighted by Gasteiger charge is -2.20. The van der Waals surface area contributed by atoms with Crippen LogP contribution in [0.5, 0.6) is 0 Å². The van der Waals surface area contributed by atoms with Gasteiger partial charge in [0.05, 0.1) is 6.10 Å². The standard InChI is InChI=1S/C16H30N4O2.HI/c1-12(2)15(21)20-9-7-13(11-20)19-16(17-3)18-8-6-14-5-4-10-22-14;/h12-14H,4-11H2,1-3H3,(H2,17,18,19);1H. The van der Waals surface area contributed by atoms with Crippen molar-refractivity contribution in [1.29, 1.82) is 0 Å². The number of hydrogen-bond acceptors (Lipinski definition) is 3. The van der Waals surface area contributed by atoms with Crippen LogP contribution in [0.3, 0.4) is 0 Å². The van der Waals surface area contributed by atoms with E-state index in [0.717, 1.165) is 45.0 Å². The molecule has 2 rings (SSSR count). The molecule has 2 heterocycles. The third kappa shape index (κ3) is 6.45. The van der Waals surface area contributed by atoms with Crippen LogP contribution in [0.15, 0.2) is 4.99 Å². The third-order valence-electron chi connectivity index (χ3n) is 4.34. The van der Waals surface area contributed by atoms with E-state index in [2.05, 4.69) is 15.6 Å². The van der Waals surface area contributed by atoms with Crippen LogP contribution in [0.1, 0.15) is 39.5 Å². The van der Waals surface area contributed by atoms with Gasteiger partial charge < -0.3 is 20.3 Å².